The predicted octanol–water partition coefficient (Wildman–Crippen LogP) is 1.46. The largest absolute Gasteiger partial charge is 0.480 e. The second-order valence-electron chi connectivity index (χ2n) is 1.41. The van der Waals surface area contributed by atoms with E-state index >= 15 is 0 Å². The molecule has 0 saturated carbocycles. The fourth-order valence-electron chi connectivity index (χ4n) is 0.437. The van der Waals surface area contributed by atoms with Crippen LogP contribution in [0.25, 0.3) is 0 Å². The fraction of sp³-hybridized carbons (Fsp3) is 0.400. The first-order valence-corrected chi connectivity index (χ1v) is 3.17. The molecule has 3 heteroatoms. The summed E-state index contributed by atoms with van der Waals surface area (Å²) in [5.41, 5.74) is 0. The summed E-state index contributed by atoms with van der Waals surface area (Å²) in [6, 6.07) is 0. The van der Waals surface area contributed by atoms with Crippen LogP contribution in [0.3, 0.4) is 0 Å². The van der Waals surface area contributed by atoms with E-state index < -0.39 is 0 Å². The molecular weight excluding hydrogens is 122 g/mol. The van der Waals surface area contributed by atoms with E-state index in [9.17, 15) is 0 Å². The first-order valence-electron chi connectivity index (χ1n) is 2.29. The Hall–Kier alpha value is -0.570. The van der Waals surface area contributed by atoms with Crippen molar-refractivity contribution in [1.29, 1.82) is 0 Å². The van der Waals surface area contributed by atoms with Crippen LogP contribution in [-0.4, -0.2) is 12.1 Å². The van der Waals surface area contributed by atoms with E-state index in [-0.39, 0.29) is 0 Å². The molecule has 1 heterocycles. The van der Waals surface area contributed by atoms with Gasteiger partial charge in [0.1, 0.15) is 0 Å². The van der Waals surface area contributed by atoms with Gasteiger partial charge in [0.05, 0.1) is 17.5 Å². The topological polar surface area (TPSA) is 22.1 Å². The Morgan fingerprint density at radius 3 is 2.75 bits per heavy atom. The van der Waals surface area contributed by atoms with Crippen LogP contribution >= 0.6 is 11.3 Å². The Morgan fingerprint density at radius 2 is 2.50 bits per heavy atom. The smallest absolute Gasteiger partial charge is 0.224 e. The molecule has 44 valence electrons. The van der Waals surface area contributed by atoms with Crippen molar-refractivity contribution in [2.45, 2.75) is 6.92 Å². The van der Waals surface area contributed by atoms with Crippen LogP contribution in [0.5, 0.6) is 5.88 Å². The molecule has 8 heavy (non-hydrogen) atoms. The molecule has 1 aromatic rings. The van der Waals surface area contributed by atoms with Crippen LogP contribution in [-0.2, 0) is 0 Å². The lowest BCUT2D eigenvalue weighted by Crippen LogP contribution is -1.80. The Morgan fingerprint density at radius 1 is 1.75 bits per heavy atom. The van der Waals surface area contributed by atoms with Crippen LogP contribution in [0.1, 0.15) is 5.01 Å². The number of rotatable bonds is 1. The van der Waals surface area contributed by atoms with E-state index in [1.54, 1.807) is 18.4 Å². The van der Waals surface area contributed by atoms with Crippen molar-refractivity contribution in [2.75, 3.05) is 7.11 Å². The van der Waals surface area contributed by atoms with Crippen molar-refractivity contribution in [2.24, 2.45) is 0 Å². The molecule has 0 saturated heterocycles. The minimum absolute atomic E-state index is 0.715. The lowest BCUT2D eigenvalue weighted by Gasteiger charge is -1.86. The second-order valence-corrected chi connectivity index (χ2v) is 2.47. The monoisotopic (exact) mass is 129 g/mol. The lowest BCUT2D eigenvalue weighted by molar-refractivity contribution is 0.400. The van der Waals surface area contributed by atoms with E-state index in [1.807, 2.05) is 12.3 Å². The second kappa shape index (κ2) is 2.13. The Labute approximate surface area is 52.1 Å². The summed E-state index contributed by atoms with van der Waals surface area (Å²) in [4.78, 5) is 4.03. The summed E-state index contributed by atoms with van der Waals surface area (Å²) in [6.45, 7) is 1.95. The van der Waals surface area contributed by atoms with Crippen molar-refractivity contribution in [1.82, 2.24) is 4.98 Å². The molecule has 0 bridgehead atoms. The van der Waals surface area contributed by atoms with Crippen LogP contribution in [0.15, 0.2) is 5.38 Å². The maximum atomic E-state index is 4.83. The zero-order valence-corrected chi connectivity index (χ0v) is 5.66. The first kappa shape index (κ1) is 5.56. The third kappa shape index (κ3) is 0.980. The van der Waals surface area contributed by atoms with Crippen LogP contribution in [0.2, 0.25) is 0 Å². The average molecular weight is 129 g/mol. The van der Waals surface area contributed by atoms with Crippen molar-refractivity contribution < 1.29 is 4.74 Å². The Bertz CT molecular complexity index is 173. The van der Waals surface area contributed by atoms with Gasteiger partial charge in [-0.2, -0.15) is 0 Å². The summed E-state index contributed by atoms with van der Waals surface area (Å²) < 4.78 is 4.83. The molecule has 0 amide bonds. The molecule has 0 radical (unpaired) electrons. The number of methoxy groups -OCH3 is 1. The minimum atomic E-state index is 0.715. The molecule has 0 aliphatic heterocycles. The molecule has 0 aromatic carbocycles. The van der Waals surface area contributed by atoms with E-state index in [2.05, 4.69) is 4.98 Å². The number of aryl methyl sites for hydroxylation is 1. The highest BCUT2D eigenvalue weighted by Crippen LogP contribution is 2.13. The third-order valence-corrected chi connectivity index (χ3v) is 1.56. The van der Waals surface area contributed by atoms with Gasteiger partial charge in [-0.3, -0.25) is 0 Å². The van der Waals surface area contributed by atoms with Crippen molar-refractivity contribution in [3.05, 3.63) is 10.4 Å². The molecule has 0 aliphatic carbocycles. The van der Waals surface area contributed by atoms with Gasteiger partial charge in [-0.05, 0) is 6.92 Å². The van der Waals surface area contributed by atoms with E-state index in [0.717, 1.165) is 5.01 Å². The highest BCUT2D eigenvalue weighted by molar-refractivity contribution is 7.09. The number of ether oxygens (including phenoxy) is 1. The highest BCUT2D eigenvalue weighted by Gasteiger charge is 1.92. The predicted molar refractivity (Wildman–Crippen MR) is 33.4 cm³/mol. The highest BCUT2D eigenvalue weighted by atomic mass is 32.1. The number of thiazole rings is 1. The molecule has 0 N–H and O–H groups in total. The van der Waals surface area contributed by atoms with E-state index in [1.165, 1.54) is 0 Å². The summed E-state index contributed by atoms with van der Waals surface area (Å²) in [7, 11) is 1.62. The third-order valence-electron chi connectivity index (χ3n) is 0.807. The van der Waals surface area contributed by atoms with Crippen LogP contribution in [0.4, 0.5) is 0 Å². The van der Waals surface area contributed by atoms with Crippen molar-refractivity contribution in [3.8, 4) is 5.88 Å². The molecule has 0 spiro atoms. The zero-order valence-electron chi connectivity index (χ0n) is 4.84. The van der Waals surface area contributed by atoms with Gasteiger partial charge in [0.2, 0.25) is 5.88 Å². The lowest BCUT2D eigenvalue weighted by atomic mass is 10.8. The minimum Gasteiger partial charge on any atom is -0.480 e. The molecule has 2 nitrogen and oxygen atoms in total. The van der Waals surface area contributed by atoms with Gasteiger partial charge >= 0.3 is 0 Å². The number of hydrogen-bond acceptors (Lipinski definition) is 3. The quantitative estimate of drug-likeness (QED) is 0.572. The fourth-order valence-corrected chi connectivity index (χ4v) is 1.00. The van der Waals surface area contributed by atoms with Crippen LogP contribution in [0, 0.1) is 6.92 Å². The molecule has 1 aromatic heterocycles. The number of hydrogen-bond donors (Lipinski definition) is 0. The van der Waals surface area contributed by atoms with Crippen LogP contribution < -0.4 is 4.74 Å². The Kier molecular flexibility index (Phi) is 1.48. The number of nitrogens with zero attached hydrogens (tertiary/aromatic N) is 1. The maximum Gasteiger partial charge on any atom is 0.224 e. The summed E-state index contributed by atoms with van der Waals surface area (Å²) >= 11 is 1.59. The Balaban J connectivity index is 2.84. The van der Waals surface area contributed by atoms with Crippen molar-refractivity contribution in [3.63, 3.8) is 0 Å². The summed E-state index contributed by atoms with van der Waals surface area (Å²) in [5.74, 6) is 0.715. The molecular formula is C5H7NOS. The van der Waals surface area contributed by atoms with Gasteiger partial charge in [-0.15, -0.1) is 11.3 Å². The van der Waals surface area contributed by atoms with E-state index in [0.29, 0.717) is 5.88 Å². The molecule has 0 aliphatic rings. The van der Waals surface area contributed by atoms with Gasteiger partial charge < -0.3 is 4.74 Å². The summed E-state index contributed by atoms with van der Waals surface area (Å²) in [5, 5.41) is 2.93. The normalized spacial score (nSPS) is 9.25. The maximum absolute atomic E-state index is 4.83. The van der Waals surface area contributed by atoms with Gasteiger partial charge in [0.25, 0.3) is 0 Å². The standard InChI is InChI=1S/C5H7NOS/c1-4-6-5(7-2)3-8-4/h3H,1-2H3. The van der Waals surface area contributed by atoms with Gasteiger partial charge in [0, 0.05) is 0 Å². The molecule has 0 fully saturated rings. The average Bonchev–Trinajstić information content (AvgIpc) is 2.14. The number of aromatic nitrogens is 1. The molecule has 0 unspecified atom stereocenters. The van der Waals surface area contributed by atoms with Gasteiger partial charge in [0.15, 0.2) is 0 Å². The zero-order chi connectivity index (χ0) is 5.98. The van der Waals surface area contributed by atoms with Gasteiger partial charge in [-0.1, -0.05) is 0 Å². The molecule has 1 rings (SSSR count). The SMILES string of the molecule is COc1csc(C)n1. The van der Waals surface area contributed by atoms with E-state index in [4.69, 9.17) is 4.74 Å². The summed E-state index contributed by atoms with van der Waals surface area (Å²) in [6.07, 6.45) is 0. The van der Waals surface area contributed by atoms with Gasteiger partial charge in [-0.25, -0.2) is 4.98 Å². The molecule has 0 atom stereocenters. The van der Waals surface area contributed by atoms with Crippen molar-refractivity contribution >= 4 is 11.3 Å². The first-order chi connectivity index (χ1) is 3.83.